The van der Waals surface area contributed by atoms with Gasteiger partial charge in [0.2, 0.25) is 0 Å². The third-order valence-electron chi connectivity index (χ3n) is 1.24. The Morgan fingerprint density at radius 3 is 3.00 bits per heavy atom. The summed E-state index contributed by atoms with van der Waals surface area (Å²) in [5.41, 5.74) is 0.974. The first-order valence-corrected chi connectivity index (χ1v) is 4.25. The molecule has 0 atom stereocenters. The van der Waals surface area contributed by atoms with Gasteiger partial charge in [-0.25, -0.2) is 4.98 Å². The molecule has 0 bridgehead atoms. The number of thiazole rings is 1. The van der Waals surface area contributed by atoms with Crippen molar-refractivity contribution in [3.63, 3.8) is 0 Å². The summed E-state index contributed by atoms with van der Waals surface area (Å²) in [5.74, 6) is 0. The van der Waals surface area contributed by atoms with E-state index in [-0.39, 0.29) is 0 Å². The zero-order valence-electron chi connectivity index (χ0n) is 5.45. The molecule has 2 aromatic rings. The van der Waals surface area contributed by atoms with Gasteiger partial charge in [-0.05, 0) is 6.07 Å². The Morgan fingerprint density at radius 2 is 2.45 bits per heavy atom. The Balaban J connectivity index is 2.45. The molecular formula is C7H4ClNOS. The van der Waals surface area contributed by atoms with Gasteiger partial charge in [-0.15, -0.1) is 11.3 Å². The summed E-state index contributed by atoms with van der Waals surface area (Å²) < 4.78 is 4.90. The summed E-state index contributed by atoms with van der Waals surface area (Å²) in [6, 6.07) is 1.86. The maximum Gasteiger partial charge on any atom is 0.140 e. The summed E-state index contributed by atoms with van der Waals surface area (Å²) in [5, 5.41) is 3.22. The van der Waals surface area contributed by atoms with Crippen molar-refractivity contribution in [2.45, 2.75) is 0 Å². The van der Waals surface area contributed by atoms with Crippen LogP contribution in [0.25, 0.3) is 10.6 Å². The Morgan fingerprint density at radius 1 is 1.55 bits per heavy atom. The monoisotopic (exact) mass is 185 g/mol. The molecule has 0 aliphatic heterocycles. The fourth-order valence-electron chi connectivity index (χ4n) is 0.773. The van der Waals surface area contributed by atoms with Crippen LogP contribution in [0.4, 0.5) is 0 Å². The predicted octanol–water partition coefficient (Wildman–Crippen LogP) is 3.06. The first kappa shape index (κ1) is 6.88. The van der Waals surface area contributed by atoms with Crippen LogP contribution in [-0.2, 0) is 0 Å². The van der Waals surface area contributed by atoms with Gasteiger partial charge in [0.1, 0.15) is 16.4 Å². The Labute approximate surface area is 72.4 Å². The second-order valence-corrected chi connectivity index (χ2v) is 3.23. The summed E-state index contributed by atoms with van der Waals surface area (Å²) in [6.07, 6.45) is 3.26. The van der Waals surface area contributed by atoms with E-state index in [2.05, 4.69) is 4.98 Å². The van der Waals surface area contributed by atoms with Gasteiger partial charge in [0, 0.05) is 10.9 Å². The Kier molecular flexibility index (Phi) is 1.68. The summed E-state index contributed by atoms with van der Waals surface area (Å²) in [4.78, 5) is 4.08. The zero-order valence-corrected chi connectivity index (χ0v) is 7.02. The summed E-state index contributed by atoms with van der Waals surface area (Å²) in [7, 11) is 0. The van der Waals surface area contributed by atoms with E-state index < -0.39 is 0 Å². The molecule has 0 N–H and O–H groups in total. The molecule has 2 aromatic heterocycles. The molecule has 0 fully saturated rings. The lowest BCUT2D eigenvalue weighted by Crippen LogP contribution is -1.67. The van der Waals surface area contributed by atoms with Crippen molar-refractivity contribution in [1.82, 2.24) is 4.98 Å². The average molecular weight is 186 g/mol. The van der Waals surface area contributed by atoms with E-state index in [0.29, 0.717) is 5.15 Å². The van der Waals surface area contributed by atoms with Crippen LogP contribution in [0.2, 0.25) is 5.15 Å². The largest absolute Gasteiger partial charge is 0.472 e. The molecule has 2 heterocycles. The van der Waals surface area contributed by atoms with Crippen LogP contribution in [0.3, 0.4) is 0 Å². The second-order valence-electron chi connectivity index (χ2n) is 1.99. The van der Waals surface area contributed by atoms with Gasteiger partial charge in [-0.3, -0.25) is 0 Å². The van der Waals surface area contributed by atoms with Crippen LogP contribution in [0.1, 0.15) is 0 Å². The molecule has 0 aliphatic carbocycles. The fourth-order valence-corrected chi connectivity index (χ4v) is 1.71. The lowest BCUT2D eigenvalue weighted by atomic mass is 10.4. The number of rotatable bonds is 1. The highest BCUT2D eigenvalue weighted by molar-refractivity contribution is 7.13. The highest BCUT2D eigenvalue weighted by Gasteiger charge is 2.02. The first-order valence-electron chi connectivity index (χ1n) is 3.00. The molecule has 56 valence electrons. The molecule has 0 radical (unpaired) electrons. The van der Waals surface area contributed by atoms with E-state index in [1.165, 1.54) is 11.3 Å². The molecule has 0 spiro atoms. The number of aromatic nitrogens is 1. The van der Waals surface area contributed by atoms with Crippen LogP contribution in [0.5, 0.6) is 0 Å². The maximum absolute atomic E-state index is 5.65. The van der Waals surface area contributed by atoms with Crippen LogP contribution < -0.4 is 0 Å². The SMILES string of the molecule is Clc1csc(-c2ccoc2)n1. The minimum absolute atomic E-state index is 0.534. The van der Waals surface area contributed by atoms with Crippen molar-refractivity contribution in [1.29, 1.82) is 0 Å². The van der Waals surface area contributed by atoms with E-state index in [4.69, 9.17) is 16.0 Å². The van der Waals surface area contributed by atoms with Crippen molar-refractivity contribution in [3.05, 3.63) is 29.1 Å². The molecule has 0 aromatic carbocycles. The predicted molar refractivity (Wildman–Crippen MR) is 44.8 cm³/mol. The average Bonchev–Trinajstić information content (AvgIpc) is 2.55. The van der Waals surface area contributed by atoms with Gasteiger partial charge >= 0.3 is 0 Å². The van der Waals surface area contributed by atoms with Gasteiger partial charge in [0.15, 0.2) is 0 Å². The number of furan rings is 1. The number of hydrogen-bond donors (Lipinski definition) is 0. The Hall–Kier alpha value is -0.800. The molecule has 0 amide bonds. The molecule has 0 saturated carbocycles. The van der Waals surface area contributed by atoms with Crippen molar-refractivity contribution in [3.8, 4) is 10.6 Å². The van der Waals surface area contributed by atoms with Crippen LogP contribution in [0.15, 0.2) is 28.4 Å². The first-order chi connectivity index (χ1) is 5.36. The van der Waals surface area contributed by atoms with E-state index in [0.717, 1.165) is 10.6 Å². The molecular weight excluding hydrogens is 182 g/mol. The van der Waals surface area contributed by atoms with Crippen LogP contribution in [-0.4, -0.2) is 4.98 Å². The molecule has 11 heavy (non-hydrogen) atoms. The highest BCUT2D eigenvalue weighted by atomic mass is 35.5. The maximum atomic E-state index is 5.65. The minimum atomic E-state index is 0.534. The zero-order chi connectivity index (χ0) is 7.68. The number of halogens is 1. The van der Waals surface area contributed by atoms with E-state index >= 15 is 0 Å². The molecule has 2 rings (SSSR count). The minimum Gasteiger partial charge on any atom is -0.472 e. The van der Waals surface area contributed by atoms with E-state index in [1.54, 1.807) is 17.9 Å². The van der Waals surface area contributed by atoms with Crippen molar-refractivity contribution in [2.75, 3.05) is 0 Å². The van der Waals surface area contributed by atoms with Gasteiger partial charge in [-0.1, -0.05) is 11.6 Å². The standard InChI is InChI=1S/C7H4ClNOS/c8-6-4-11-7(9-6)5-1-2-10-3-5/h1-4H. The molecule has 0 unspecified atom stereocenters. The summed E-state index contributed by atoms with van der Waals surface area (Å²) in [6.45, 7) is 0. The molecule has 0 saturated heterocycles. The van der Waals surface area contributed by atoms with Crippen molar-refractivity contribution >= 4 is 22.9 Å². The Bertz CT molecular complexity index is 341. The smallest absolute Gasteiger partial charge is 0.140 e. The van der Waals surface area contributed by atoms with E-state index in [1.807, 2.05) is 6.07 Å². The molecule has 4 heteroatoms. The van der Waals surface area contributed by atoms with Crippen LogP contribution >= 0.6 is 22.9 Å². The fraction of sp³-hybridized carbons (Fsp3) is 0. The van der Waals surface area contributed by atoms with E-state index in [9.17, 15) is 0 Å². The van der Waals surface area contributed by atoms with Gasteiger partial charge in [0.25, 0.3) is 0 Å². The van der Waals surface area contributed by atoms with Crippen molar-refractivity contribution < 1.29 is 4.42 Å². The van der Waals surface area contributed by atoms with Crippen molar-refractivity contribution in [2.24, 2.45) is 0 Å². The molecule has 0 aliphatic rings. The van der Waals surface area contributed by atoms with Gasteiger partial charge in [-0.2, -0.15) is 0 Å². The van der Waals surface area contributed by atoms with Gasteiger partial charge in [0.05, 0.1) is 6.26 Å². The highest BCUT2D eigenvalue weighted by Crippen LogP contribution is 2.25. The number of hydrogen-bond acceptors (Lipinski definition) is 3. The van der Waals surface area contributed by atoms with Crippen LogP contribution in [0, 0.1) is 0 Å². The number of nitrogens with zero attached hydrogens (tertiary/aromatic N) is 1. The second kappa shape index (κ2) is 2.68. The normalized spacial score (nSPS) is 10.3. The lowest BCUT2D eigenvalue weighted by molar-refractivity contribution is 0.568. The third-order valence-corrected chi connectivity index (χ3v) is 2.46. The third kappa shape index (κ3) is 1.29. The van der Waals surface area contributed by atoms with Gasteiger partial charge < -0.3 is 4.42 Å². The quantitative estimate of drug-likeness (QED) is 0.683. The lowest BCUT2D eigenvalue weighted by Gasteiger charge is -1.82. The summed E-state index contributed by atoms with van der Waals surface area (Å²) >= 11 is 7.15. The molecule has 2 nitrogen and oxygen atoms in total. The topological polar surface area (TPSA) is 26.0 Å².